The van der Waals surface area contributed by atoms with Crippen LogP contribution in [-0.2, 0) is 0 Å². The van der Waals surface area contributed by atoms with Crippen LogP contribution in [0.1, 0.15) is 37.6 Å². The van der Waals surface area contributed by atoms with Crippen LogP contribution in [0.15, 0.2) is 30.3 Å². The van der Waals surface area contributed by atoms with E-state index in [0.29, 0.717) is 12.0 Å². The second kappa shape index (κ2) is 4.58. The molecule has 0 aliphatic heterocycles. The third-order valence-corrected chi connectivity index (χ3v) is 2.92. The minimum Gasteiger partial charge on any atom is -0.381 e. The van der Waals surface area contributed by atoms with E-state index in [9.17, 15) is 9.90 Å². The van der Waals surface area contributed by atoms with Gasteiger partial charge >= 0.3 is 0 Å². The molecule has 1 aromatic carbocycles. The molecule has 0 aromatic heterocycles. The van der Waals surface area contributed by atoms with E-state index in [0.717, 1.165) is 0 Å². The molecule has 15 heavy (non-hydrogen) atoms. The zero-order valence-corrected chi connectivity index (χ0v) is 9.53. The van der Waals surface area contributed by atoms with E-state index in [-0.39, 0.29) is 11.7 Å². The minimum absolute atomic E-state index is 0.0739. The lowest BCUT2D eigenvalue weighted by atomic mass is 9.81. The van der Waals surface area contributed by atoms with Crippen LogP contribution >= 0.6 is 0 Å². The van der Waals surface area contributed by atoms with E-state index < -0.39 is 5.60 Å². The van der Waals surface area contributed by atoms with Gasteiger partial charge in [0, 0.05) is 5.56 Å². The van der Waals surface area contributed by atoms with Crippen molar-refractivity contribution in [2.45, 2.75) is 32.8 Å². The number of carbonyl (C=O) groups is 1. The van der Waals surface area contributed by atoms with E-state index in [1.54, 1.807) is 12.1 Å². The average Bonchev–Trinajstić information content (AvgIpc) is 2.28. The number of rotatable bonds is 4. The number of aliphatic hydroxyl groups is 1. The Morgan fingerprint density at radius 2 is 1.87 bits per heavy atom. The third-order valence-electron chi connectivity index (χ3n) is 2.92. The molecule has 1 aromatic rings. The largest absolute Gasteiger partial charge is 0.381 e. The fraction of sp³-hybridized carbons (Fsp3) is 0.462. The van der Waals surface area contributed by atoms with Crippen LogP contribution in [0.4, 0.5) is 0 Å². The summed E-state index contributed by atoms with van der Waals surface area (Å²) >= 11 is 0. The summed E-state index contributed by atoms with van der Waals surface area (Å²) in [5.41, 5.74) is -0.656. The van der Waals surface area contributed by atoms with Gasteiger partial charge in [-0.2, -0.15) is 0 Å². The van der Waals surface area contributed by atoms with Gasteiger partial charge in [0.1, 0.15) is 5.60 Å². The lowest BCUT2D eigenvalue weighted by molar-refractivity contribution is 0.00378. The molecule has 2 heteroatoms. The molecule has 0 amide bonds. The number of Topliss-reactive ketones (excluding diaryl/α,β-unsaturated/α-hetero) is 1. The van der Waals surface area contributed by atoms with Crippen molar-refractivity contribution in [2.24, 2.45) is 5.92 Å². The summed E-state index contributed by atoms with van der Waals surface area (Å²) in [6.07, 6.45) is 0.443. The van der Waals surface area contributed by atoms with Crippen molar-refractivity contribution in [3.8, 4) is 0 Å². The SMILES string of the molecule is CCC(O)(C(=O)c1ccccc1)C(C)C. The van der Waals surface area contributed by atoms with Gasteiger partial charge < -0.3 is 5.11 Å². The van der Waals surface area contributed by atoms with Gasteiger partial charge in [-0.25, -0.2) is 0 Å². The minimum atomic E-state index is -1.23. The van der Waals surface area contributed by atoms with Crippen LogP contribution < -0.4 is 0 Å². The zero-order chi connectivity index (χ0) is 11.5. The molecule has 1 rings (SSSR count). The Kier molecular flexibility index (Phi) is 3.64. The Morgan fingerprint density at radius 3 is 2.27 bits per heavy atom. The normalized spacial score (nSPS) is 15.0. The molecule has 0 aliphatic carbocycles. The monoisotopic (exact) mass is 206 g/mol. The zero-order valence-electron chi connectivity index (χ0n) is 9.53. The first-order valence-corrected chi connectivity index (χ1v) is 5.34. The molecule has 0 heterocycles. The number of carbonyl (C=O) groups excluding carboxylic acids is 1. The topological polar surface area (TPSA) is 37.3 Å². The summed E-state index contributed by atoms with van der Waals surface area (Å²) < 4.78 is 0. The lowest BCUT2D eigenvalue weighted by Crippen LogP contribution is -2.43. The fourth-order valence-electron chi connectivity index (χ4n) is 1.67. The van der Waals surface area contributed by atoms with Crippen molar-refractivity contribution in [3.63, 3.8) is 0 Å². The maximum atomic E-state index is 12.1. The van der Waals surface area contributed by atoms with Gasteiger partial charge in [0.25, 0.3) is 0 Å². The van der Waals surface area contributed by atoms with Crippen molar-refractivity contribution in [1.29, 1.82) is 0 Å². The quantitative estimate of drug-likeness (QED) is 0.769. The highest BCUT2D eigenvalue weighted by Crippen LogP contribution is 2.25. The van der Waals surface area contributed by atoms with E-state index in [1.807, 2.05) is 39.0 Å². The van der Waals surface area contributed by atoms with Crippen LogP contribution in [0.3, 0.4) is 0 Å². The second-order valence-electron chi connectivity index (χ2n) is 4.13. The third kappa shape index (κ3) is 2.26. The molecule has 0 spiro atoms. The van der Waals surface area contributed by atoms with Crippen LogP contribution in [-0.4, -0.2) is 16.5 Å². The molecule has 0 saturated carbocycles. The fourth-order valence-corrected chi connectivity index (χ4v) is 1.67. The van der Waals surface area contributed by atoms with Crippen molar-refractivity contribution in [2.75, 3.05) is 0 Å². The summed E-state index contributed by atoms with van der Waals surface area (Å²) in [5.74, 6) is -0.254. The Balaban J connectivity index is 3.03. The molecule has 0 radical (unpaired) electrons. The molecule has 0 fully saturated rings. The molecule has 0 bridgehead atoms. The van der Waals surface area contributed by atoms with Crippen molar-refractivity contribution in [1.82, 2.24) is 0 Å². The van der Waals surface area contributed by atoms with Gasteiger partial charge in [-0.1, -0.05) is 51.1 Å². The molecule has 1 atom stereocenters. The van der Waals surface area contributed by atoms with Gasteiger partial charge in [0.05, 0.1) is 0 Å². The van der Waals surface area contributed by atoms with E-state index in [2.05, 4.69) is 0 Å². The first kappa shape index (κ1) is 11.9. The highest BCUT2D eigenvalue weighted by Gasteiger charge is 2.37. The van der Waals surface area contributed by atoms with Crippen LogP contribution in [0, 0.1) is 5.92 Å². The van der Waals surface area contributed by atoms with Gasteiger partial charge in [-0.15, -0.1) is 0 Å². The summed E-state index contributed by atoms with van der Waals surface area (Å²) in [7, 11) is 0. The van der Waals surface area contributed by atoms with Crippen LogP contribution in [0.5, 0.6) is 0 Å². The Morgan fingerprint density at radius 1 is 1.33 bits per heavy atom. The van der Waals surface area contributed by atoms with Crippen molar-refractivity contribution >= 4 is 5.78 Å². The molecule has 2 nitrogen and oxygen atoms in total. The van der Waals surface area contributed by atoms with Gasteiger partial charge in [0.15, 0.2) is 5.78 Å². The molecular weight excluding hydrogens is 188 g/mol. The molecule has 82 valence electrons. The number of benzene rings is 1. The van der Waals surface area contributed by atoms with Crippen LogP contribution in [0.2, 0.25) is 0 Å². The van der Waals surface area contributed by atoms with Gasteiger partial charge in [-0.3, -0.25) is 4.79 Å². The standard InChI is InChI=1S/C13H18O2/c1-4-13(15,10(2)3)12(14)11-8-6-5-7-9-11/h5-10,15H,4H2,1-3H3. The summed E-state index contributed by atoms with van der Waals surface area (Å²) in [4.78, 5) is 12.1. The van der Waals surface area contributed by atoms with Gasteiger partial charge in [-0.05, 0) is 12.3 Å². The number of hydrogen-bond donors (Lipinski definition) is 1. The molecule has 1 N–H and O–H groups in total. The first-order chi connectivity index (χ1) is 7.02. The maximum Gasteiger partial charge on any atom is 0.194 e. The molecule has 0 saturated heterocycles. The van der Waals surface area contributed by atoms with Crippen LogP contribution in [0.25, 0.3) is 0 Å². The lowest BCUT2D eigenvalue weighted by Gasteiger charge is -2.29. The predicted molar refractivity (Wildman–Crippen MR) is 60.9 cm³/mol. The number of hydrogen-bond acceptors (Lipinski definition) is 2. The average molecular weight is 206 g/mol. The molecule has 0 aliphatic rings. The number of ketones is 1. The van der Waals surface area contributed by atoms with Crippen molar-refractivity contribution < 1.29 is 9.90 Å². The second-order valence-corrected chi connectivity index (χ2v) is 4.13. The molecule has 1 unspecified atom stereocenters. The summed E-state index contributed by atoms with van der Waals surface area (Å²) in [6.45, 7) is 5.56. The summed E-state index contributed by atoms with van der Waals surface area (Å²) in [6, 6.07) is 8.96. The summed E-state index contributed by atoms with van der Waals surface area (Å²) in [5, 5.41) is 10.3. The Bertz CT molecular complexity index is 330. The highest BCUT2D eigenvalue weighted by atomic mass is 16.3. The van der Waals surface area contributed by atoms with E-state index >= 15 is 0 Å². The van der Waals surface area contributed by atoms with E-state index in [1.165, 1.54) is 0 Å². The Labute approximate surface area is 90.9 Å². The molecular formula is C13H18O2. The Hall–Kier alpha value is -1.15. The highest BCUT2D eigenvalue weighted by molar-refractivity contribution is 6.02. The first-order valence-electron chi connectivity index (χ1n) is 5.34. The van der Waals surface area contributed by atoms with E-state index in [4.69, 9.17) is 0 Å². The van der Waals surface area contributed by atoms with Crippen molar-refractivity contribution in [3.05, 3.63) is 35.9 Å². The maximum absolute atomic E-state index is 12.1. The predicted octanol–water partition coefficient (Wildman–Crippen LogP) is 2.67. The van der Waals surface area contributed by atoms with Gasteiger partial charge in [0.2, 0.25) is 0 Å². The smallest absolute Gasteiger partial charge is 0.194 e.